The van der Waals surface area contributed by atoms with Gasteiger partial charge in [-0.1, -0.05) is 44.8 Å². The van der Waals surface area contributed by atoms with E-state index in [1.807, 2.05) is 24.3 Å². The van der Waals surface area contributed by atoms with Gasteiger partial charge >= 0.3 is 0 Å². The van der Waals surface area contributed by atoms with Gasteiger partial charge in [0.25, 0.3) is 5.91 Å². The summed E-state index contributed by atoms with van der Waals surface area (Å²) in [6.45, 7) is 0. The van der Waals surface area contributed by atoms with E-state index < -0.39 is 6.10 Å². The molecule has 3 rings (SSSR count). The first-order valence-electron chi connectivity index (χ1n) is 7.73. The van der Waals surface area contributed by atoms with Crippen LogP contribution in [0.25, 0.3) is 0 Å². The van der Waals surface area contributed by atoms with Crippen LogP contribution in [-0.4, -0.2) is 31.9 Å². The van der Waals surface area contributed by atoms with Crippen molar-refractivity contribution in [1.29, 1.82) is 0 Å². The average molecular weight is 440 g/mol. The number of amides is 1. The monoisotopic (exact) mass is 438 g/mol. The van der Waals surface area contributed by atoms with Crippen LogP contribution in [0.1, 0.15) is 12.0 Å². The number of carbonyl (C=O) groups excluding carboxylic acids is 1. The fourth-order valence-corrected chi connectivity index (χ4v) is 3.16. The van der Waals surface area contributed by atoms with Crippen molar-refractivity contribution >= 4 is 44.8 Å². The van der Waals surface area contributed by atoms with Gasteiger partial charge in [-0.25, -0.2) is 0 Å². The summed E-state index contributed by atoms with van der Waals surface area (Å²) in [5.74, 6) is 0.526. The van der Waals surface area contributed by atoms with Gasteiger partial charge in [0.15, 0.2) is 0 Å². The van der Waals surface area contributed by atoms with Crippen molar-refractivity contribution in [2.45, 2.75) is 12.5 Å². The number of ether oxygens (including phenoxy) is 2. The zero-order valence-electron chi connectivity index (χ0n) is 14.1. The zero-order valence-corrected chi connectivity index (χ0v) is 16.4. The maximum atomic E-state index is 12.6. The highest BCUT2D eigenvalue weighted by Gasteiger charge is 2.29. The van der Waals surface area contributed by atoms with E-state index in [-0.39, 0.29) is 5.91 Å². The molecule has 1 aliphatic rings. The Hall–Kier alpha value is -2.25. The fraction of sp³-hybridized carbons (Fsp3) is 0.222. The van der Waals surface area contributed by atoms with E-state index in [1.54, 1.807) is 12.1 Å². The molecule has 1 heterocycles. The molecule has 0 unspecified atom stereocenters. The number of carbonyl (C=O) groups is 1. The molecule has 0 bridgehead atoms. The maximum Gasteiger partial charge on any atom is 0.268 e. The Morgan fingerprint density at radius 3 is 2.73 bits per heavy atom. The van der Waals surface area contributed by atoms with Crippen LogP contribution in [0.3, 0.4) is 0 Å². The second-order valence-corrected chi connectivity index (χ2v) is 6.85. The van der Waals surface area contributed by atoms with E-state index in [2.05, 4.69) is 26.4 Å². The van der Waals surface area contributed by atoms with Gasteiger partial charge < -0.3 is 19.6 Å². The average Bonchev–Trinajstić information content (AvgIpc) is 3.13. The second kappa shape index (κ2) is 7.97. The highest BCUT2D eigenvalue weighted by Crippen LogP contribution is 2.36. The van der Waals surface area contributed by atoms with Crippen molar-refractivity contribution in [2.24, 2.45) is 5.16 Å². The second-order valence-electron chi connectivity index (χ2n) is 5.52. The molecular formula is C18H16BrClN2O4. The molecule has 1 amide bonds. The van der Waals surface area contributed by atoms with Crippen LogP contribution >= 0.6 is 27.5 Å². The number of oxime groups is 1. The van der Waals surface area contributed by atoms with Crippen LogP contribution in [0.4, 0.5) is 5.69 Å². The number of anilines is 1. The number of halogens is 2. The van der Waals surface area contributed by atoms with Crippen LogP contribution in [0.2, 0.25) is 5.02 Å². The van der Waals surface area contributed by atoms with Gasteiger partial charge in [-0.2, -0.15) is 0 Å². The Kier molecular flexibility index (Phi) is 5.68. The van der Waals surface area contributed by atoms with Crippen LogP contribution < -0.4 is 14.8 Å². The smallest absolute Gasteiger partial charge is 0.268 e. The van der Waals surface area contributed by atoms with Crippen LogP contribution in [0.5, 0.6) is 11.5 Å². The Morgan fingerprint density at radius 2 is 2.04 bits per heavy atom. The molecule has 0 radical (unpaired) electrons. The molecule has 0 saturated heterocycles. The summed E-state index contributed by atoms with van der Waals surface area (Å²) in [7, 11) is 2.99. The summed E-state index contributed by atoms with van der Waals surface area (Å²) in [6, 6.07) is 10.8. The largest absolute Gasteiger partial charge is 0.495 e. The zero-order chi connectivity index (χ0) is 18.7. The number of nitrogens with zero attached hydrogens (tertiary/aromatic N) is 1. The first kappa shape index (κ1) is 18.5. The molecule has 1 aliphatic heterocycles. The molecule has 136 valence electrons. The van der Waals surface area contributed by atoms with Crippen LogP contribution in [-0.2, 0) is 9.63 Å². The molecule has 1 N–H and O–H groups in total. The third-order valence-corrected chi connectivity index (χ3v) is 4.64. The highest BCUT2D eigenvalue weighted by atomic mass is 79.9. The number of methoxy groups -OCH3 is 2. The lowest BCUT2D eigenvalue weighted by atomic mass is 10.0. The molecule has 26 heavy (non-hydrogen) atoms. The summed E-state index contributed by atoms with van der Waals surface area (Å²) in [5.41, 5.74) is 2.06. The molecule has 1 atom stereocenters. The molecule has 0 saturated carbocycles. The van der Waals surface area contributed by atoms with Crippen molar-refractivity contribution in [2.75, 3.05) is 19.5 Å². The summed E-state index contributed by atoms with van der Waals surface area (Å²) in [4.78, 5) is 17.9. The molecule has 2 aromatic rings. The van der Waals surface area contributed by atoms with E-state index in [0.29, 0.717) is 34.3 Å². The Bertz CT molecular complexity index is 872. The predicted molar refractivity (Wildman–Crippen MR) is 103 cm³/mol. The number of nitrogens with one attached hydrogen (secondary N) is 1. The lowest BCUT2D eigenvalue weighted by Crippen LogP contribution is -2.28. The molecular weight excluding hydrogens is 424 g/mol. The lowest BCUT2D eigenvalue weighted by molar-refractivity contribution is -0.125. The van der Waals surface area contributed by atoms with Crippen molar-refractivity contribution in [1.82, 2.24) is 0 Å². The van der Waals surface area contributed by atoms with Crippen molar-refractivity contribution in [3.63, 3.8) is 0 Å². The minimum atomic E-state index is -0.727. The topological polar surface area (TPSA) is 69.2 Å². The Morgan fingerprint density at radius 1 is 1.27 bits per heavy atom. The predicted octanol–water partition coefficient (Wildman–Crippen LogP) is 4.25. The first-order chi connectivity index (χ1) is 12.5. The standard InChI is InChI=1S/C18H16BrClN2O4/c1-24-15-9-14(16(25-2)7-12(15)20)21-18(23)17-8-13(22-26-17)10-4-3-5-11(19)6-10/h3-7,9,17H,8H2,1-2H3,(H,21,23)/t17-/m1/s1. The molecule has 0 aliphatic carbocycles. The number of rotatable bonds is 5. The fourth-order valence-electron chi connectivity index (χ4n) is 2.53. The first-order valence-corrected chi connectivity index (χ1v) is 8.90. The summed E-state index contributed by atoms with van der Waals surface area (Å²) in [6.07, 6.45) is -0.356. The lowest BCUT2D eigenvalue weighted by Gasteiger charge is -2.14. The van der Waals surface area contributed by atoms with Gasteiger partial charge in [0.05, 0.1) is 30.6 Å². The van der Waals surface area contributed by atoms with E-state index in [9.17, 15) is 4.79 Å². The molecule has 0 aromatic heterocycles. The maximum absolute atomic E-state index is 12.6. The quantitative estimate of drug-likeness (QED) is 0.756. The highest BCUT2D eigenvalue weighted by molar-refractivity contribution is 9.10. The molecule has 0 spiro atoms. The Balaban J connectivity index is 1.72. The van der Waals surface area contributed by atoms with Gasteiger partial charge in [-0.3, -0.25) is 4.79 Å². The summed E-state index contributed by atoms with van der Waals surface area (Å²) >= 11 is 9.50. The van der Waals surface area contributed by atoms with Crippen LogP contribution in [0.15, 0.2) is 46.0 Å². The minimum absolute atomic E-state index is 0.332. The van der Waals surface area contributed by atoms with Crippen molar-refractivity contribution < 1.29 is 19.1 Å². The van der Waals surface area contributed by atoms with E-state index in [1.165, 1.54) is 14.2 Å². The van der Waals surface area contributed by atoms with Crippen molar-refractivity contribution in [3.05, 3.63) is 51.5 Å². The van der Waals surface area contributed by atoms with E-state index >= 15 is 0 Å². The van der Waals surface area contributed by atoms with Crippen molar-refractivity contribution in [3.8, 4) is 11.5 Å². The number of benzene rings is 2. The SMILES string of the molecule is COc1cc(NC(=O)[C@H]2CC(c3cccc(Br)c3)=NO2)c(OC)cc1Cl. The summed E-state index contributed by atoms with van der Waals surface area (Å²) < 4.78 is 11.4. The van der Waals surface area contributed by atoms with Gasteiger partial charge in [-0.05, 0) is 12.1 Å². The minimum Gasteiger partial charge on any atom is -0.495 e. The molecule has 0 fully saturated rings. The van der Waals surface area contributed by atoms with Gasteiger partial charge in [0.1, 0.15) is 11.5 Å². The third-order valence-electron chi connectivity index (χ3n) is 3.85. The number of hydrogen-bond acceptors (Lipinski definition) is 5. The molecule has 2 aromatic carbocycles. The van der Waals surface area contributed by atoms with Crippen LogP contribution in [0, 0.1) is 0 Å². The Labute approximate surface area is 164 Å². The van der Waals surface area contributed by atoms with Gasteiger partial charge in [-0.15, -0.1) is 0 Å². The third kappa shape index (κ3) is 3.94. The van der Waals surface area contributed by atoms with Gasteiger partial charge in [0.2, 0.25) is 6.10 Å². The summed E-state index contributed by atoms with van der Waals surface area (Å²) in [5, 5.41) is 7.21. The normalized spacial score (nSPS) is 15.8. The number of hydrogen-bond donors (Lipinski definition) is 1. The molecule has 8 heteroatoms. The molecule has 6 nitrogen and oxygen atoms in total. The van der Waals surface area contributed by atoms with Gasteiger partial charge in [0, 0.05) is 28.6 Å². The van der Waals surface area contributed by atoms with E-state index in [0.717, 1.165) is 10.0 Å². The van der Waals surface area contributed by atoms with E-state index in [4.69, 9.17) is 25.9 Å².